The van der Waals surface area contributed by atoms with Gasteiger partial charge in [-0.2, -0.15) is 0 Å². The highest BCUT2D eigenvalue weighted by Crippen LogP contribution is 2.18. The molecule has 0 aromatic carbocycles. The van der Waals surface area contributed by atoms with Crippen molar-refractivity contribution in [1.82, 2.24) is 10.3 Å². The van der Waals surface area contributed by atoms with Crippen LogP contribution in [-0.4, -0.2) is 18.1 Å². The molecule has 0 unspecified atom stereocenters. The summed E-state index contributed by atoms with van der Waals surface area (Å²) >= 11 is 7.22. The number of halogens is 1. The molecule has 0 bridgehead atoms. The van der Waals surface area contributed by atoms with E-state index < -0.39 is 0 Å². The molecule has 1 aromatic rings. The van der Waals surface area contributed by atoms with E-state index in [0.29, 0.717) is 0 Å². The maximum atomic E-state index is 5.73. The van der Waals surface area contributed by atoms with Gasteiger partial charge in [0, 0.05) is 6.54 Å². The quantitative estimate of drug-likeness (QED) is 0.766. The van der Waals surface area contributed by atoms with Gasteiger partial charge in [-0.05, 0) is 19.0 Å². The normalized spacial score (nSPS) is 11.2. The van der Waals surface area contributed by atoms with Gasteiger partial charge in [-0.1, -0.05) is 24.6 Å². The highest BCUT2D eigenvalue weighted by atomic mass is 35.5. The summed E-state index contributed by atoms with van der Waals surface area (Å²) in [5.74, 6) is 0. The van der Waals surface area contributed by atoms with E-state index in [4.69, 9.17) is 11.6 Å². The summed E-state index contributed by atoms with van der Waals surface area (Å²) in [6.07, 6.45) is 6.88. The van der Waals surface area contributed by atoms with Crippen LogP contribution < -0.4 is 5.32 Å². The molecule has 0 amide bonds. The molecular weight excluding hydrogens is 204 g/mol. The molecule has 2 nitrogen and oxygen atoms in total. The summed E-state index contributed by atoms with van der Waals surface area (Å²) in [4.78, 5) is 4.11. The number of rotatable bonds is 5. The van der Waals surface area contributed by atoms with E-state index in [0.717, 1.165) is 28.9 Å². The van der Waals surface area contributed by atoms with Crippen LogP contribution in [0.25, 0.3) is 6.08 Å². The van der Waals surface area contributed by atoms with Crippen LogP contribution >= 0.6 is 22.9 Å². The van der Waals surface area contributed by atoms with Crippen molar-refractivity contribution in [2.75, 3.05) is 13.1 Å². The van der Waals surface area contributed by atoms with E-state index in [1.807, 2.05) is 6.08 Å². The van der Waals surface area contributed by atoms with Crippen molar-refractivity contribution in [1.29, 1.82) is 0 Å². The van der Waals surface area contributed by atoms with E-state index in [1.165, 1.54) is 11.3 Å². The van der Waals surface area contributed by atoms with Crippen molar-refractivity contribution in [3.05, 3.63) is 21.6 Å². The zero-order valence-corrected chi connectivity index (χ0v) is 9.16. The third kappa shape index (κ3) is 4.41. The lowest BCUT2D eigenvalue weighted by molar-refractivity contribution is 0.730. The molecule has 0 aliphatic rings. The number of hydrogen-bond acceptors (Lipinski definition) is 3. The molecule has 1 rings (SSSR count). The second-order valence-electron chi connectivity index (χ2n) is 2.61. The standard InChI is InChI=1S/C9H13ClN2S/c1-2-5-11-6-3-4-9-12-7-8(10)13-9/h3-4,7,11H,2,5-6H2,1H3/b4-3+. The molecule has 0 atom stereocenters. The highest BCUT2D eigenvalue weighted by Gasteiger charge is 1.93. The van der Waals surface area contributed by atoms with Gasteiger partial charge < -0.3 is 5.32 Å². The fourth-order valence-corrected chi connectivity index (χ4v) is 1.73. The molecule has 0 spiro atoms. The minimum atomic E-state index is 0.737. The molecule has 4 heteroatoms. The fraction of sp³-hybridized carbons (Fsp3) is 0.444. The number of nitrogens with one attached hydrogen (secondary N) is 1. The van der Waals surface area contributed by atoms with Gasteiger partial charge in [-0.25, -0.2) is 4.98 Å². The molecule has 0 saturated carbocycles. The average molecular weight is 217 g/mol. The van der Waals surface area contributed by atoms with E-state index in [1.54, 1.807) is 6.20 Å². The van der Waals surface area contributed by atoms with Crippen molar-refractivity contribution in [2.24, 2.45) is 0 Å². The maximum absolute atomic E-state index is 5.73. The molecular formula is C9H13ClN2S. The van der Waals surface area contributed by atoms with Crippen LogP contribution in [0.5, 0.6) is 0 Å². The number of nitrogens with zero attached hydrogens (tertiary/aromatic N) is 1. The van der Waals surface area contributed by atoms with Gasteiger partial charge in [-0.3, -0.25) is 0 Å². The number of hydrogen-bond donors (Lipinski definition) is 1. The SMILES string of the molecule is CCCNC/C=C/c1ncc(Cl)s1. The summed E-state index contributed by atoms with van der Waals surface area (Å²) in [7, 11) is 0. The molecule has 72 valence electrons. The van der Waals surface area contributed by atoms with E-state index in [-0.39, 0.29) is 0 Å². The summed E-state index contributed by atoms with van der Waals surface area (Å²) in [6.45, 7) is 4.10. The minimum Gasteiger partial charge on any atom is -0.313 e. The van der Waals surface area contributed by atoms with Crippen LogP contribution in [0.15, 0.2) is 12.3 Å². The third-order valence-electron chi connectivity index (χ3n) is 1.44. The number of thiazole rings is 1. The Balaban J connectivity index is 2.24. The average Bonchev–Trinajstić information content (AvgIpc) is 2.51. The lowest BCUT2D eigenvalue weighted by atomic mass is 10.4. The Labute approximate surface area is 87.6 Å². The lowest BCUT2D eigenvalue weighted by Crippen LogP contribution is -2.13. The first kappa shape index (κ1) is 10.7. The van der Waals surface area contributed by atoms with Crippen LogP contribution in [0.1, 0.15) is 18.4 Å². The summed E-state index contributed by atoms with van der Waals surface area (Å²) in [5, 5.41) is 4.23. The Morgan fingerprint density at radius 3 is 3.15 bits per heavy atom. The Kier molecular flexibility index (Phi) is 5.05. The summed E-state index contributed by atoms with van der Waals surface area (Å²) in [6, 6.07) is 0. The van der Waals surface area contributed by atoms with E-state index in [2.05, 4.69) is 23.3 Å². The van der Waals surface area contributed by atoms with Crippen LogP contribution in [-0.2, 0) is 0 Å². The molecule has 1 heterocycles. The van der Waals surface area contributed by atoms with Gasteiger partial charge in [-0.15, -0.1) is 11.3 Å². The van der Waals surface area contributed by atoms with Crippen molar-refractivity contribution in [3.63, 3.8) is 0 Å². The van der Waals surface area contributed by atoms with Crippen LogP contribution in [0.3, 0.4) is 0 Å². The Morgan fingerprint density at radius 1 is 1.69 bits per heavy atom. The van der Waals surface area contributed by atoms with Crippen molar-refractivity contribution in [2.45, 2.75) is 13.3 Å². The second-order valence-corrected chi connectivity index (χ2v) is 4.30. The molecule has 13 heavy (non-hydrogen) atoms. The molecule has 0 saturated heterocycles. The van der Waals surface area contributed by atoms with Crippen LogP contribution in [0.4, 0.5) is 0 Å². The van der Waals surface area contributed by atoms with E-state index >= 15 is 0 Å². The second kappa shape index (κ2) is 6.13. The molecule has 0 fully saturated rings. The molecule has 1 N–H and O–H groups in total. The first-order valence-electron chi connectivity index (χ1n) is 4.31. The highest BCUT2D eigenvalue weighted by molar-refractivity contribution is 7.16. The molecule has 0 aliphatic heterocycles. The van der Waals surface area contributed by atoms with Crippen LogP contribution in [0, 0.1) is 0 Å². The Bertz CT molecular complexity index is 270. The first-order valence-corrected chi connectivity index (χ1v) is 5.51. The largest absolute Gasteiger partial charge is 0.313 e. The first-order chi connectivity index (χ1) is 6.33. The monoisotopic (exact) mass is 216 g/mol. The summed E-state index contributed by atoms with van der Waals surface area (Å²) < 4.78 is 0.737. The van der Waals surface area contributed by atoms with Crippen LogP contribution in [0.2, 0.25) is 4.34 Å². The van der Waals surface area contributed by atoms with E-state index in [9.17, 15) is 0 Å². The molecule has 0 radical (unpaired) electrons. The van der Waals surface area contributed by atoms with Gasteiger partial charge in [0.1, 0.15) is 9.34 Å². The van der Waals surface area contributed by atoms with Crippen molar-refractivity contribution in [3.8, 4) is 0 Å². The Hall–Kier alpha value is -0.380. The van der Waals surface area contributed by atoms with Gasteiger partial charge in [0.15, 0.2) is 0 Å². The van der Waals surface area contributed by atoms with Crippen molar-refractivity contribution >= 4 is 29.0 Å². The predicted octanol–water partition coefficient (Wildman–Crippen LogP) is 2.81. The van der Waals surface area contributed by atoms with Gasteiger partial charge in [0.25, 0.3) is 0 Å². The minimum absolute atomic E-state index is 0.737. The fourth-order valence-electron chi connectivity index (χ4n) is 0.866. The molecule has 1 aromatic heterocycles. The van der Waals surface area contributed by atoms with Gasteiger partial charge in [0.2, 0.25) is 0 Å². The third-order valence-corrected chi connectivity index (χ3v) is 2.52. The van der Waals surface area contributed by atoms with Crippen molar-refractivity contribution < 1.29 is 0 Å². The van der Waals surface area contributed by atoms with Gasteiger partial charge in [0.05, 0.1) is 6.20 Å². The smallest absolute Gasteiger partial charge is 0.117 e. The topological polar surface area (TPSA) is 24.9 Å². The van der Waals surface area contributed by atoms with Gasteiger partial charge >= 0.3 is 0 Å². The molecule has 0 aliphatic carbocycles. The zero-order valence-electron chi connectivity index (χ0n) is 7.59. The zero-order chi connectivity index (χ0) is 9.52. The predicted molar refractivity (Wildman–Crippen MR) is 59.3 cm³/mol. The summed E-state index contributed by atoms with van der Waals surface area (Å²) in [5.41, 5.74) is 0. The Morgan fingerprint density at radius 2 is 2.54 bits per heavy atom. The maximum Gasteiger partial charge on any atom is 0.117 e. The lowest BCUT2D eigenvalue weighted by Gasteiger charge is -1.94. The number of aromatic nitrogens is 1.